The summed E-state index contributed by atoms with van der Waals surface area (Å²) in [5.74, 6) is 0. The Labute approximate surface area is 205 Å². The van der Waals surface area contributed by atoms with Crippen LogP contribution in [0.25, 0.3) is 26.6 Å². The zero-order valence-corrected chi connectivity index (χ0v) is 20.5. The van der Waals surface area contributed by atoms with Gasteiger partial charge >= 0.3 is 29.6 Å². The number of morpholine rings is 1. The minimum absolute atomic E-state index is 0. The molecule has 1 aromatic heterocycles. The monoisotopic (exact) mass is 447 g/mol. The third-order valence-electron chi connectivity index (χ3n) is 5.59. The average molecular weight is 447 g/mol. The number of fused-ring (bicyclic) bond motifs is 2. The Morgan fingerprint density at radius 3 is 2.71 bits per heavy atom. The van der Waals surface area contributed by atoms with E-state index in [9.17, 15) is 9.59 Å². The van der Waals surface area contributed by atoms with Crippen molar-refractivity contribution in [3.8, 4) is 16.4 Å². The van der Waals surface area contributed by atoms with Gasteiger partial charge in [-0.3, -0.25) is 14.5 Å². The molecule has 3 aliphatic heterocycles. The van der Waals surface area contributed by atoms with Crippen LogP contribution < -0.4 is 40.7 Å². The Morgan fingerprint density at radius 1 is 1.16 bits per heavy atom. The molecule has 0 N–H and O–H groups in total. The second kappa shape index (κ2) is 9.40. The van der Waals surface area contributed by atoms with Gasteiger partial charge in [-0.25, -0.2) is 10.1 Å². The van der Waals surface area contributed by atoms with Gasteiger partial charge < -0.3 is 9.30 Å². The fourth-order valence-corrected chi connectivity index (χ4v) is 4.91. The fraction of sp³-hybridized carbons (Fsp3) is 0.381. The van der Waals surface area contributed by atoms with Crippen LogP contribution in [0, 0.1) is 6.92 Å². The quantitative estimate of drug-likeness (QED) is 0.284. The van der Waals surface area contributed by atoms with Crippen molar-refractivity contribution in [1.82, 2.24) is 24.2 Å². The SMILES string of the molecule is Cc1c2c(=O)n(-c3nc4ccccc4s3)nc-2[cH-]c(=O)n1CCCN1CCOCC1.[Na+]. The molecular formula is C21H22N5NaO3S. The summed E-state index contributed by atoms with van der Waals surface area (Å²) in [5, 5.41) is 4.93. The number of aromatic nitrogens is 4. The Morgan fingerprint density at radius 2 is 1.94 bits per heavy atom. The number of hydrogen-bond donors (Lipinski definition) is 0. The normalized spacial score (nSPS) is 14.9. The van der Waals surface area contributed by atoms with E-state index in [1.54, 1.807) is 4.57 Å². The van der Waals surface area contributed by atoms with Gasteiger partial charge in [-0.05, 0) is 25.5 Å². The summed E-state index contributed by atoms with van der Waals surface area (Å²) in [5.41, 5.74) is 2.04. The van der Waals surface area contributed by atoms with Gasteiger partial charge in [-0.2, -0.15) is 4.68 Å². The van der Waals surface area contributed by atoms with Gasteiger partial charge in [0.15, 0.2) is 5.56 Å². The molecule has 5 rings (SSSR count). The Hall–Kier alpha value is -1.75. The van der Waals surface area contributed by atoms with Gasteiger partial charge in [0, 0.05) is 26.2 Å². The molecule has 1 aromatic carbocycles. The molecule has 8 nitrogen and oxygen atoms in total. The first kappa shape index (κ1) is 22.4. The van der Waals surface area contributed by atoms with E-state index >= 15 is 0 Å². The number of hydrogen-bond acceptors (Lipinski definition) is 7. The number of para-hydroxylation sites is 1. The summed E-state index contributed by atoms with van der Waals surface area (Å²) in [6.45, 7) is 6.67. The summed E-state index contributed by atoms with van der Waals surface area (Å²) in [6, 6.07) is 9.19. The van der Waals surface area contributed by atoms with Crippen molar-refractivity contribution < 1.29 is 34.3 Å². The van der Waals surface area contributed by atoms with Crippen molar-refractivity contribution in [1.29, 1.82) is 0 Å². The molecule has 3 aliphatic rings. The second-order valence-electron chi connectivity index (χ2n) is 7.47. The molecule has 1 fully saturated rings. The van der Waals surface area contributed by atoms with Gasteiger partial charge in [-0.15, -0.1) is 6.07 Å². The molecule has 10 heteroatoms. The van der Waals surface area contributed by atoms with Crippen LogP contribution in [0.4, 0.5) is 0 Å². The molecule has 0 unspecified atom stereocenters. The van der Waals surface area contributed by atoms with Crippen molar-refractivity contribution in [2.45, 2.75) is 19.9 Å². The molecular weight excluding hydrogens is 425 g/mol. The van der Waals surface area contributed by atoms with E-state index < -0.39 is 0 Å². The van der Waals surface area contributed by atoms with E-state index in [1.165, 1.54) is 22.1 Å². The molecule has 0 radical (unpaired) electrons. The van der Waals surface area contributed by atoms with E-state index in [1.807, 2.05) is 31.2 Å². The average Bonchev–Trinajstić information content (AvgIpc) is 3.32. The molecule has 0 bridgehead atoms. The fourth-order valence-electron chi connectivity index (χ4n) is 3.99. The van der Waals surface area contributed by atoms with E-state index in [4.69, 9.17) is 4.74 Å². The van der Waals surface area contributed by atoms with E-state index in [0.717, 1.165) is 49.5 Å². The molecule has 4 heterocycles. The summed E-state index contributed by atoms with van der Waals surface area (Å²) in [7, 11) is 0. The largest absolute Gasteiger partial charge is 1.00 e. The first-order valence-electron chi connectivity index (χ1n) is 10.1. The molecule has 156 valence electrons. The van der Waals surface area contributed by atoms with Gasteiger partial charge in [0.25, 0.3) is 0 Å². The minimum atomic E-state index is -0.233. The smallest absolute Gasteiger partial charge is 0.379 e. The predicted octanol–water partition coefficient (Wildman–Crippen LogP) is -1.14. The van der Waals surface area contributed by atoms with Gasteiger partial charge in [0.05, 0.1) is 23.4 Å². The Kier molecular flexibility index (Phi) is 6.80. The van der Waals surface area contributed by atoms with Crippen molar-refractivity contribution >= 4 is 21.6 Å². The molecule has 0 aliphatic carbocycles. The summed E-state index contributed by atoms with van der Waals surface area (Å²) < 4.78 is 9.38. The number of pyridine rings is 1. The Bertz CT molecular complexity index is 1250. The number of nitrogens with zero attached hydrogens (tertiary/aromatic N) is 5. The number of ether oxygens (including phenoxy) is 1. The number of benzene rings is 1. The van der Waals surface area contributed by atoms with Crippen LogP contribution in [-0.2, 0) is 11.3 Å². The summed E-state index contributed by atoms with van der Waals surface area (Å²) in [6.07, 6.45) is 0.840. The van der Waals surface area contributed by atoms with Crippen LogP contribution in [-0.4, -0.2) is 57.1 Å². The standard InChI is InChI=1S/C21H22N5O3S.Na/c1-14-19-16(13-18(27)25(14)8-4-7-24-9-11-29-12-10-24)23-26(20(19)28)21-22-15-5-2-3-6-17(15)30-21;/h2-3,5-6,13H,4,7-12H2,1H3;/q-1;+1. The van der Waals surface area contributed by atoms with Crippen LogP contribution in [0.1, 0.15) is 12.1 Å². The van der Waals surface area contributed by atoms with E-state index in [0.29, 0.717) is 28.6 Å². The number of thiazole rings is 1. The van der Waals surface area contributed by atoms with Crippen LogP contribution in [0.2, 0.25) is 0 Å². The van der Waals surface area contributed by atoms with E-state index in [2.05, 4.69) is 15.0 Å². The maximum atomic E-state index is 13.1. The van der Waals surface area contributed by atoms with Crippen molar-refractivity contribution in [3.05, 3.63) is 56.7 Å². The van der Waals surface area contributed by atoms with Crippen molar-refractivity contribution in [2.24, 2.45) is 0 Å². The van der Waals surface area contributed by atoms with Crippen LogP contribution in [0.5, 0.6) is 0 Å². The van der Waals surface area contributed by atoms with E-state index in [-0.39, 0.29) is 40.7 Å². The van der Waals surface area contributed by atoms with Crippen molar-refractivity contribution in [2.75, 3.05) is 32.8 Å². The molecule has 1 saturated heterocycles. The Balaban J connectivity index is 0.00000231. The molecule has 0 saturated carbocycles. The van der Waals surface area contributed by atoms with Crippen LogP contribution >= 0.6 is 11.3 Å². The predicted molar refractivity (Wildman–Crippen MR) is 116 cm³/mol. The third kappa shape index (κ3) is 4.30. The van der Waals surface area contributed by atoms with Crippen LogP contribution in [0.3, 0.4) is 0 Å². The maximum absolute atomic E-state index is 13.1. The number of rotatable bonds is 5. The van der Waals surface area contributed by atoms with Gasteiger partial charge in [0.1, 0.15) is 0 Å². The maximum Gasteiger partial charge on any atom is 1.00 e. The first-order chi connectivity index (χ1) is 14.6. The third-order valence-corrected chi connectivity index (χ3v) is 6.60. The molecule has 31 heavy (non-hydrogen) atoms. The molecule has 2 aromatic rings. The zero-order chi connectivity index (χ0) is 20.7. The van der Waals surface area contributed by atoms with Gasteiger partial charge in [-0.1, -0.05) is 40.4 Å². The molecule has 0 atom stereocenters. The van der Waals surface area contributed by atoms with Crippen LogP contribution in [0.15, 0.2) is 39.9 Å². The second-order valence-corrected chi connectivity index (χ2v) is 8.48. The first-order valence-corrected chi connectivity index (χ1v) is 10.9. The molecule has 0 amide bonds. The van der Waals surface area contributed by atoms with Crippen molar-refractivity contribution in [3.63, 3.8) is 0 Å². The van der Waals surface area contributed by atoms with Gasteiger partial charge in [0.2, 0.25) is 10.7 Å². The summed E-state index contributed by atoms with van der Waals surface area (Å²) >= 11 is 1.41. The summed E-state index contributed by atoms with van der Waals surface area (Å²) in [4.78, 5) is 32.7. The zero-order valence-electron chi connectivity index (χ0n) is 17.7. The molecule has 0 spiro atoms. The minimum Gasteiger partial charge on any atom is -0.379 e. The topological polar surface area (TPSA) is 82.2 Å².